The molecule has 0 aliphatic rings. The van der Waals surface area contributed by atoms with Crippen LogP contribution in [0.1, 0.15) is 27.2 Å². The molecule has 0 saturated heterocycles. The molecule has 0 aromatic carbocycles. The highest BCUT2D eigenvalue weighted by atomic mass is 35.6. The fourth-order valence-electron chi connectivity index (χ4n) is 0.433. The SMILES string of the molecule is CC(C)(C)CCO[SiH2]Cl. The molecule has 0 aliphatic heterocycles. The molecule has 0 spiro atoms. The van der Waals surface area contributed by atoms with E-state index in [1.807, 2.05) is 0 Å². The van der Waals surface area contributed by atoms with Gasteiger partial charge in [0.25, 0.3) is 9.07 Å². The predicted molar refractivity (Wildman–Crippen MR) is 44.4 cm³/mol. The van der Waals surface area contributed by atoms with Crippen LogP contribution < -0.4 is 0 Å². The zero-order valence-electron chi connectivity index (χ0n) is 6.41. The van der Waals surface area contributed by atoms with Gasteiger partial charge in [0, 0.05) is 6.61 Å². The lowest BCUT2D eigenvalue weighted by Gasteiger charge is -2.16. The maximum Gasteiger partial charge on any atom is 0.258 e. The van der Waals surface area contributed by atoms with Crippen molar-refractivity contribution in [2.75, 3.05) is 6.61 Å². The molecule has 0 fully saturated rings. The van der Waals surface area contributed by atoms with Crippen LogP contribution in [0, 0.1) is 5.41 Å². The Balaban J connectivity index is 3.07. The summed E-state index contributed by atoms with van der Waals surface area (Å²) < 4.78 is 5.11. The summed E-state index contributed by atoms with van der Waals surface area (Å²) in [5.74, 6) is 0. The van der Waals surface area contributed by atoms with Crippen molar-refractivity contribution in [3.8, 4) is 0 Å². The Morgan fingerprint density at radius 2 is 2.00 bits per heavy atom. The second-order valence-corrected chi connectivity index (χ2v) is 4.61. The third kappa shape index (κ3) is 8.47. The van der Waals surface area contributed by atoms with Gasteiger partial charge in [0.1, 0.15) is 0 Å². The van der Waals surface area contributed by atoms with E-state index >= 15 is 0 Å². The first-order chi connectivity index (χ1) is 4.06. The molecule has 0 heterocycles. The minimum absolute atomic E-state index is 0.389. The molecule has 56 valence electrons. The molecule has 9 heavy (non-hydrogen) atoms. The average Bonchev–Trinajstić information content (AvgIpc) is 1.63. The standard InChI is InChI=1S/C6H15ClOSi/c1-6(2,3)4-5-8-9-7/h4-5,9H2,1-3H3. The topological polar surface area (TPSA) is 9.23 Å². The molecule has 0 aromatic heterocycles. The van der Waals surface area contributed by atoms with Gasteiger partial charge in [0.05, 0.1) is 0 Å². The van der Waals surface area contributed by atoms with Crippen LogP contribution >= 0.6 is 11.1 Å². The summed E-state index contributed by atoms with van der Waals surface area (Å²) >= 11 is 5.45. The van der Waals surface area contributed by atoms with E-state index in [1.54, 1.807) is 0 Å². The van der Waals surface area contributed by atoms with E-state index < -0.39 is 9.07 Å². The van der Waals surface area contributed by atoms with Crippen LogP contribution in [0.3, 0.4) is 0 Å². The first-order valence-electron chi connectivity index (χ1n) is 3.20. The van der Waals surface area contributed by atoms with Crippen LogP contribution in [0.5, 0.6) is 0 Å². The fraction of sp³-hybridized carbons (Fsp3) is 1.00. The molecule has 0 atom stereocenters. The van der Waals surface area contributed by atoms with Gasteiger partial charge < -0.3 is 4.43 Å². The lowest BCUT2D eigenvalue weighted by molar-refractivity contribution is 0.256. The molecule has 0 aliphatic carbocycles. The molecule has 0 N–H and O–H groups in total. The number of hydrogen-bond donors (Lipinski definition) is 0. The van der Waals surface area contributed by atoms with E-state index in [9.17, 15) is 0 Å². The Morgan fingerprint density at radius 3 is 2.33 bits per heavy atom. The van der Waals surface area contributed by atoms with Crippen molar-refractivity contribution in [2.24, 2.45) is 5.41 Å². The average molecular weight is 167 g/mol. The summed E-state index contributed by atoms with van der Waals surface area (Å²) in [6.07, 6.45) is 1.10. The van der Waals surface area contributed by atoms with Gasteiger partial charge in [-0.25, -0.2) is 0 Å². The van der Waals surface area contributed by atoms with Crippen molar-refractivity contribution < 1.29 is 4.43 Å². The summed E-state index contributed by atoms with van der Waals surface area (Å²) in [6.45, 7) is 7.43. The van der Waals surface area contributed by atoms with E-state index in [0.717, 1.165) is 13.0 Å². The molecule has 0 bridgehead atoms. The van der Waals surface area contributed by atoms with Gasteiger partial charge in [-0.1, -0.05) is 20.8 Å². The van der Waals surface area contributed by atoms with Gasteiger partial charge in [-0.3, -0.25) is 0 Å². The second kappa shape index (κ2) is 4.31. The van der Waals surface area contributed by atoms with E-state index in [0.29, 0.717) is 5.41 Å². The summed E-state index contributed by atoms with van der Waals surface area (Å²) in [7, 11) is -0.683. The van der Waals surface area contributed by atoms with Crippen molar-refractivity contribution in [2.45, 2.75) is 27.2 Å². The molecular formula is C6H15ClOSi. The highest BCUT2D eigenvalue weighted by Crippen LogP contribution is 2.17. The Labute approximate surface area is 64.4 Å². The molecule has 0 unspecified atom stereocenters. The minimum atomic E-state index is -0.683. The molecular weight excluding hydrogens is 152 g/mol. The highest BCUT2D eigenvalue weighted by molar-refractivity contribution is 6.89. The number of rotatable bonds is 3. The summed E-state index contributed by atoms with van der Waals surface area (Å²) in [5.41, 5.74) is 0.389. The van der Waals surface area contributed by atoms with Crippen molar-refractivity contribution in [1.82, 2.24) is 0 Å². The predicted octanol–water partition coefficient (Wildman–Crippen LogP) is 1.68. The van der Waals surface area contributed by atoms with Crippen LogP contribution in [0.4, 0.5) is 0 Å². The minimum Gasteiger partial charge on any atom is -0.408 e. The van der Waals surface area contributed by atoms with Gasteiger partial charge in [-0.05, 0) is 11.8 Å². The summed E-state index contributed by atoms with van der Waals surface area (Å²) in [5, 5.41) is 0. The molecule has 0 saturated carbocycles. The first kappa shape index (κ1) is 9.47. The molecule has 1 nitrogen and oxygen atoms in total. The normalized spacial score (nSPS) is 13.3. The lowest BCUT2D eigenvalue weighted by Crippen LogP contribution is -2.09. The van der Waals surface area contributed by atoms with Crippen LogP contribution in [0.25, 0.3) is 0 Å². The number of halogens is 1. The molecule has 0 radical (unpaired) electrons. The second-order valence-electron chi connectivity index (χ2n) is 3.33. The van der Waals surface area contributed by atoms with E-state index in [4.69, 9.17) is 15.5 Å². The van der Waals surface area contributed by atoms with Gasteiger partial charge in [-0.2, -0.15) is 0 Å². The third-order valence-corrected chi connectivity index (χ3v) is 1.98. The zero-order valence-corrected chi connectivity index (χ0v) is 8.58. The van der Waals surface area contributed by atoms with E-state index in [1.165, 1.54) is 0 Å². The maximum atomic E-state index is 5.45. The monoisotopic (exact) mass is 166 g/mol. The van der Waals surface area contributed by atoms with Gasteiger partial charge in [-0.15, -0.1) is 11.1 Å². The van der Waals surface area contributed by atoms with Crippen molar-refractivity contribution >= 4 is 20.2 Å². The zero-order chi connectivity index (χ0) is 7.33. The molecule has 3 heteroatoms. The Bertz CT molecular complexity index is 69.9. The first-order valence-corrected chi connectivity index (χ1v) is 5.91. The Morgan fingerprint density at radius 1 is 1.44 bits per heavy atom. The lowest BCUT2D eigenvalue weighted by atomic mass is 9.93. The fourth-order valence-corrected chi connectivity index (χ4v) is 1.01. The van der Waals surface area contributed by atoms with E-state index in [2.05, 4.69) is 20.8 Å². The van der Waals surface area contributed by atoms with Gasteiger partial charge in [0.2, 0.25) is 0 Å². The van der Waals surface area contributed by atoms with Crippen molar-refractivity contribution in [1.29, 1.82) is 0 Å². The van der Waals surface area contributed by atoms with Crippen LogP contribution in [0.15, 0.2) is 0 Å². The van der Waals surface area contributed by atoms with Crippen LogP contribution in [-0.4, -0.2) is 15.7 Å². The smallest absolute Gasteiger partial charge is 0.258 e. The Hall–Kier alpha value is 0.467. The van der Waals surface area contributed by atoms with Crippen molar-refractivity contribution in [3.63, 3.8) is 0 Å². The van der Waals surface area contributed by atoms with Crippen molar-refractivity contribution in [3.05, 3.63) is 0 Å². The maximum absolute atomic E-state index is 5.45. The third-order valence-electron chi connectivity index (χ3n) is 1.07. The Kier molecular flexibility index (Phi) is 4.53. The highest BCUT2D eigenvalue weighted by Gasteiger charge is 2.08. The summed E-state index contributed by atoms with van der Waals surface area (Å²) in [6, 6.07) is 0. The number of hydrogen-bond acceptors (Lipinski definition) is 1. The van der Waals surface area contributed by atoms with Crippen LogP contribution in [0.2, 0.25) is 0 Å². The quantitative estimate of drug-likeness (QED) is 0.352. The summed E-state index contributed by atoms with van der Waals surface area (Å²) in [4.78, 5) is 0. The van der Waals surface area contributed by atoms with E-state index in [-0.39, 0.29) is 0 Å². The van der Waals surface area contributed by atoms with Gasteiger partial charge in [0.15, 0.2) is 0 Å². The van der Waals surface area contributed by atoms with Crippen LogP contribution in [-0.2, 0) is 4.43 Å². The largest absolute Gasteiger partial charge is 0.408 e. The van der Waals surface area contributed by atoms with Gasteiger partial charge >= 0.3 is 0 Å². The molecule has 0 rings (SSSR count). The molecule has 0 amide bonds. The molecule has 0 aromatic rings.